The van der Waals surface area contributed by atoms with E-state index in [1.165, 1.54) is 12.1 Å². The summed E-state index contributed by atoms with van der Waals surface area (Å²) in [5.74, 6) is 0. The predicted molar refractivity (Wildman–Crippen MR) is 56.5 cm³/mol. The first kappa shape index (κ1) is 11.2. The molecule has 3 N–H and O–H groups in total. The van der Waals surface area contributed by atoms with Crippen LogP contribution in [0.1, 0.15) is 13.8 Å². The maximum Gasteiger partial charge on any atom is 0.359 e. The van der Waals surface area contributed by atoms with Gasteiger partial charge in [0, 0.05) is 5.69 Å². The highest BCUT2D eigenvalue weighted by Gasteiger charge is 2.23. The molecule has 1 unspecified atom stereocenters. The zero-order valence-electron chi connectivity index (χ0n) is 8.18. The Labute approximate surface area is 83.2 Å². The first-order chi connectivity index (χ1) is 6.42. The van der Waals surface area contributed by atoms with Gasteiger partial charge in [0.05, 0.1) is 11.4 Å². The summed E-state index contributed by atoms with van der Waals surface area (Å²) in [4.78, 5) is 9.54. The van der Waals surface area contributed by atoms with Crippen LogP contribution in [-0.2, 0) is 9.09 Å². The van der Waals surface area contributed by atoms with Gasteiger partial charge in [-0.05, 0) is 38.1 Å². The number of benzene rings is 1. The number of hydrogen-bond acceptors (Lipinski definition) is 3. The fourth-order valence-electron chi connectivity index (χ4n) is 1.01. The summed E-state index contributed by atoms with van der Waals surface area (Å²) < 4.78 is 16.6. The SMILES string of the molecule is CC(C)OP(=O)(O)c1ccc(N)cc1. The number of nitrogen functional groups attached to an aromatic ring is 1. The molecule has 0 aromatic heterocycles. The summed E-state index contributed by atoms with van der Waals surface area (Å²) in [5, 5.41) is 0.264. The van der Waals surface area contributed by atoms with Crippen LogP contribution in [0, 0.1) is 0 Å². The maximum absolute atomic E-state index is 11.6. The smallest absolute Gasteiger partial charge is 0.359 e. The Bertz CT molecular complexity index is 348. The lowest BCUT2D eigenvalue weighted by Crippen LogP contribution is -2.10. The van der Waals surface area contributed by atoms with E-state index in [1.807, 2.05) is 0 Å². The molecule has 0 radical (unpaired) electrons. The fraction of sp³-hybridized carbons (Fsp3) is 0.333. The Kier molecular flexibility index (Phi) is 3.32. The lowest BCUT2D eigenvalue weighted by atomic mass is 10.3. The van der Waals surface area contributed by atoms with Crippen LogP contribution in [0.2, 0.25) is 0 Å². The van der Waals surface area contributed by atoms with Crippen molar-refractivity contribution in [3.63, 3.8) is 0 Å². The van der Waals surface area contributed by atoms with Gasteiger partial charge >= 0.3 is 7.60 Å². The van der Waals surface area contributed by atoms with Crippen LogP contribution in [0.4, 0.5) is 5.69 Å². The number of anilines is 1. The van der Waals surface area contributed by atoms with Gasteiger partial charge in [0.1, 0.15) is 0 Å². The minimum Gasteiger partial charge on any atom is -0.399 e. The molecule has 0 saturated heterocycles. The molecular formula is C9H14NO3P. The van der Waals surface area contributed by atoms with Crippen LogP contribution in [0.5, 0.6) is 0 Å². The van der Waals surface area contributed by atoms with E-state index in [2.05, 4.69) is 0 Å². The van der Waals surface area contributed by atoms with Crippen LogP contribution in [0.3, 0.4) is 0 Å². The van der Waals surface area contributed by atoms with E-state index in [0.29, 0.717) is 5.69 Å². The molecule has 0 aliphatic carbocycles. The second-order valence-electron chi connectivity index (χ2n) is 3.27. The monoisotopic (exact) mass is 215 g/mol. The quantitative estimate of drug-likeness (QED) is 0.592. The van der Waals surface area contributed by atoms with Crippen molar-refractivity contribution in [1.82, 2.24) is 0 Å². The summed E-state index contributed by atoms with van der Waals surface area (Å²) in [7, 11) is -3.68. The van der Waals surface area contributed by atoms with Crippen molar-refractivity contribution in [1.29, 1.82) is 0 Å². The minimum absolute atomic E-state index is 0.264. The normalized spacial score (nSPS) is 15.4. The summed E-state index contributed by atoms with van der Waals surface area (Å²) in [6, 6.07) is 6.14. The van der Waals surface area contributed by atoms with Crippen molar-refractivity contribution < 1.29 is 14.0 Å². The molecule has 0 aliphatic rings. The standard InChI is InChI=1S/C9H14NO3P/c1-7(2)13-14(11,12)9-5-3-8(10)4-6-9/h3-7H,10H2,1-2H3,(H,11,12). The Morgan fingerprint density at radius 3 is 2.29 bits per heavy atom. The summed E-state index contributed by atoms with van der Waals surface area (Å²) in [5.41, 5.74) is 6.01. The molecule has 0 amide bonds. The molecule has 0 heterocycles. The Balaban J connectivity index is 2.92. The summed E-state index contributed by atoms with van der Waals surface area (Å²) in [6.45, 7) is 3.42. The van der Waals surface area contributed by atoms with Gasteiger partial charge in [-0.2, -0.15) is 0 Å². The molecule has 14 heavy (non-hydrogen) atoms. The Hall–Kier alpha value is -0.830. The van der Waals surface area contributed by atoms with Crippen LogP contribution < -0.4 is 11.0 Å². The highest BCUT2D eigenvalue weighted by atomic mass is 31.2. The van der Waals surface area contributed by atoms with Crippen molar-refractivity contribution in [3.05, 3.63) is 24.3 Å². The molecular weight excluding hydrogens is 201 g/mol. The molecule has 0 saturated carbocycles. The van der Waals surface area contributed by atoms with E-state index >= 15 is 0 Å². The average Bonchev–Trinajstić information content (AvgIpc) is 2.02. The van der Waals surface area contributed by atoms with Gasteiger partial charge in [-0.1, -0.05) is 0 Å². The van der Waals surface area contributed by atoms with Crippen LogP contribution >= 0.6 is 7.60 Å². The highest BCUT2D eigenvalue weighted by Crippen LogP contribution is 2.41. The minimum atomic E-state index is -3.68. The van der Waals surface area contributed by atoms with E-state index in [4.69, 9.17) is 10.3 Å². The molecule has 0 fully saturated rings. The Morgan fingerprint density at radius 2 is 1.86 bits per heavy atom. The molecule has 0 aliphatic heterocycles. The lowest BCUT2D eigenvalue weighted by molar-refractivity contribution is 0.212. The van der Waals surface area contributed by atoms with E-state index in [-0.39, 0.29) is 11.4 Å². The van der Waals surface area contributed by atoms with Gasteiger partial charge in [0.25, 0.3) is 0 Å². The molecule has 0 spiro atoms. The molecule has 1 aromatic rings. The third-order valence-electron chi connectivity index (χ3n) is 1.57. The van der Waals surface area contributed by atoms with Gasteiger partial charge in [-0.3, -0.25) is 4.57 Å². The first-order valence-corrected chi connectivity index (χ1v) is 5.87. The molecule has 78 valence electrons. The number of nitrogens with two attached hydrogens (primary N) is 1. The molecule has 4 nitrogen and oxygen atoms in total. The van der Waals surface area contributed by atoms with Gasteiger partial charge < -0.3 is 15.2 Å². The highest BCUT2D eigenvalue weighted by molar-refractivity contribution is 7.61. The van der Waals surface area contributed by atoms with Crippen LogP contribution in [0.25, 0.3) is 0 Å². The van der Waals surface area contributed by atoms with Crippen molar-refractivity contribution in [2.45, 2.75) is 20.0 Å². The third kappa shape index (κ3) is 2.84. The predicted octanol–water partition coefficient (Wildman–Crippen LogP) is 1.50. The first-order valence-electron chi connectivity index (χ1n) is 4.29. The van der Waals surface area contributed by atoms with Gasteiger partial charge in [-0.25, -0.2) is 0 Å². The van der Waals surface area contributed by atoms with Crippen molar-refractivity contribution in [2.75, 3.05) is 5.73 Å². The molecule has 1 aromatic carbocycles. The fourth-order valence-corrected chi connectivity index (χ4v) is 2.23. The summed E-state index contributed by atoms with van der Waals surface area (Å²) in [6.07, 6.45) is -0.289. The van der Waals surface area contributed by atoms with Crippen LogP contribution in [-0.4, -0.2) is 11.0 Å². The van der Waals surface area contributed by atoms with E-state index < -0.39 is 7.60 Å². The van der Waals surface area contributed by atoms with Crippen LogP contribution in [0.15, 0.2) is 24.3 Å². The molecule has 0 bridgehead atoms. The topological polar surface area (TPSA) is 72.5 Å². The van der Waals surface area contributed by atoms with Gasteiger partial charge in [0.2, 0.25) is 0 Å². The van der Waals surface area contributed by atoms with Crippen molar-refractivity contribution >= 4 is 18.6 Å². The van der Waals surface area contributed by atoms with Gasteiger partial charge in [0.15, 0.2) is 0 Å². The third-order valence-corrected chi connectivity index (χ3v) is 3.23. The lowest BCUT2D eigenvalue weighted by Gasteiger charge is -2.14. The Morgan fingerprint density at radius 1 is 1.36 bits per heavy atom. The zero-order valence-corrected chi connectivity index (χ0v) is 9.07. The molecule has 1 rings (SSSR count). The van der Waals surface area contributed by atoms with Crippen molar-refractivity contribution in [2.24, 2.45) is 0 Å². The van der Waals surface area contributed by atoms with Crippen molar-refractivity contribution in [3.8, 4) is 0 Å². The van der Waals surface area contributed by atoms with E-state index in [1.54, 1.807) is 26.0 Å². The molecule has 5 heteroatoms. The number of hydrogen-bond donors (Lipinski definition) is 2. The second-order valence-corrected chi connectivity index (χ2v) is 5.03. The van der Waals surface area contributed by atoms with Gasteiger partial charge in [-0.15, -0.1) is 0 Å². The summed E-state index contributed by atoms with van der Waals surface area (Å²) >= 11 is 0. The molecule has 1 atom stereocenters. The van der Waals surface area contributed by atoms with E-state index in [9.17, 15) is 9.46 Å². The largest absolute Gasteiger partial charge is 0.399 e. The maximum atomic E-state index is 11.6. The second kappa shape index (κ2) is 4.13. The van der Waals surface area contributed by atoms with E-state index in [0.717, 1.165) is 0 Å². The number of rotatable bonds is 3. The zero-order chi connectivity index (χ0) is 10.8. The average molecular weight is 215 g/mol.